The molecule has 1 aliphatic heterocycles. The molecule has 0 saturated carbocycles. The van der Waals surface area contributed by atoms with Crippen molar-refractivity contribution in [1.82, 2.24) is 5.32 Å². The molecule has 0 amide bonds. The Morgan fingerprint density at radius 1 is 1.00 bits per heavy atom. The van der Waals surface area contributed by atoms with Gasteiger partial charge in [0.25, 0.3) is 0 Å². The zero-order valence-electron chi connectivity index (χ0n) is 11.1. The summed E-state index contributed by atoms with van der Waals surface area (Å²) >= 11 is 5.87. The largest absolute Gasteiger partial charge is 0.370 e. The van der Waals surface area contributed by atoms with E-state index in [0.717, 1.165) is 11.3 Å². The number of anilines is 1. The zero-order chi connectivity index (χ0) is 14.7. The number of benzene rings is 2. The minimum atomic E-state index is -0.345. The van der Waals surface area contributed by atoms with Crippen molar-refractivity contribution >= 4 is 29.2 Å². The fraction of sp³-hybridized carbons (Fsp3) is 0.0667. The van der Waals surface area contributed by atoms with E-state index >= 15 is 0 Å². The number of aliphatic imine (C=N–C) groups is 2. The van der Waals surface area contributed by atoms with E-state index in [1.165, 1.54) is 0 Å². The topological polar surface area (TPSA) is 74.8 Å². The summed E-state index contributed by atoms with van der Waals surface area (Å²) in [5.74, 6) is 0.883. The Bertz CT molecular complexity index is 679. The van der Waals surface area contributed by atoms with Gasteiger partial charge < -0.3 is 11.1 Å². The third kappa shape index (κ3) is 3.32. The molecular formula is C15H14ClN5. The van der Waals surface area contributed by atoms with Crippen LogP contribution >= 0.6 is 11.6 Å². The number of rotatable bonds is 2. The van der Waals surface area contributed by atoms with Crippen molar-refractivity contribution in [3.8, 4) is 0 Å². The molecule has 0 fully saturated rings. The van der Waals surface area contributed by atoms with Crippen molar-refractivity contribution in [1.29, 1.82) is 0 Å². The number of nitrogens with two attached hydrogens (primary N) is 1. The predicted octanol–water partition coefficient (Wildman–Crippen LogP) is 2.72. The minimum absolute atomic E-state index is 0.329. The van der Waals surface area contributed by atoms with Gasteiger partial charge >= 0.3 is 0 Å². The average molecular weight is 300 g/mol. The van der Waals surface area contributed by atoms with Crippen LogP contribution in [0, 0.1) is 0 Å². The van der Waals surface area contributed by atoms with Gasteiger partial charge in [-0.3, -0.25) is 5.32 Å². The van der Waals surface area contributed by atoms with Gasteiger partial charge in [0, 0.05) is 10.7 Å². The number of guanidine groups is 2. The Balaban J connectivity index is 1.82. The van der Waals surface area contributed by atoms with Crippen molar-refractivity contribution in [3.05, 3.63) is 65.2 Å². The minimum Gasteiger partial charge on any atom is -0.370 e. The molecule has 0 spiro atoms. The highest BCUT2D eigenvalue weighted by atomic mass is 35.5. The van der Waals surface area contributed by atoms with Crippen LogP contribution in [0.5, 0.6) is 0 Å². The molecule has 106 valence electrons. The molecule has 5 nitrogen and oxygen atoms in total. The molecule has 21 heavy (non-hydrogen) atoms. The zero-order valence-corrected chi connectivity index (χ0v) is 11.9. The molecule has 2 aromatic carbocycles. The summed E-state index contributed by atoms with van der Waals surface area (Å²) in [7, 11) is 0. The van der Waals surface area contributed by atoms with E-state index in [2.05, 4.69) is 20.6 Å². The van der Waals surface area contributed by atoms with Crippen LogP contribution in [0.2, 0.25) is 5.02 Å². The normalized spacial score (nSPS) is 17.5. The van der Waals surface area contributed by atoms with Gasteiger partial charge in [-0.25, -0.2) is 9.98 Å². The molecule has 6 heteroatoms. The highest BCUT2D eigenvalue weighted by Crippen LogP contribution is 2.21. The van der Waals surface area contributed by atoms with E-state index in [4.69, 9.17) is 17.3 Å². The maximum Gasteiger partial charge on any atom is 0.205 e. The molecule has 0 bridgehead atoms. The van der Waals surface area contributed by atoms with Gasteiger partial charge in [0.1, 0.15) is 0 Å². The summed E-state index contributed by atoms with van der Waals surface area (Å²) in [6.07, 6.45) is -0.345. The second-order valence-electron chi connectivity index (χ2n) is 4.53. The van der Waals surface area contributed by atoms with Gasteiger partial charge in [-0.05, 0) is 29.8 Å². The number of hydrogen-bond donors (Lipinski definition) is 3. The van der Waals surface area contributed by atoms with Gasteiger partial charge in [0.05, 0.1) is 0 Å². The Morgan fingerprint density at radius 3 is 2.43 bits per heavy atom. The van der Waals surface area contributed by atoms with Crippen molar-refractivity contribution in [2.45, 2.75) is 6.17 Å². The Labute approximate surface area is 127 Å². The third-order valence-electron chi connectivity index (χ3n) is 2.96. The molecule has 0 aromatic heterocycles. The number of nitrogens with zero attached hydrogens (tertiary/aromatic N) is 2. The molecule has 0 unspecified atom stereocenters. The Hall–Kier alpha value is -2.53. The summed E-state index contributed by atoms with van der Waals surface area (Å²) in [4.78, 5) is 8.81. The number of halogens is 1. The molecule has 2 aromatic rings. The second-order valence-corrected chi connectivity index (χ2v) is 4.97. The summed E-state index contributed by atoms with van der Waals surface area (Å²) in [5.41, 5.74) is 7.68. The lowest BCUT2D eigenvalue weighted by molar-refractivity contribution is 0.751. The van der Waals surface area contributed by atoms with Crippen molar-refractivity contribution < 1.29 is 0 Å². The van der Waals surface area contributed by atoms with Crippen LogP contribution in [0.3, 0.4) is 0 Å². The first-order chi connectivity index (χ1) is 10.2. The lowest BCUT2D eigenvalue weighted by Crippen LogP contribution is -2.43. The van der Waals surface area contributed by atoms with E-state index in [1.54, 1.807) is 12.1 Å². The van der Waals surface area contributed by atoms with E-state index in [1.807, 2.05) is 42.5 Å². The second kappa shape index (κ2) is 5.85. The van der Waals surface area contributed by atoms with E-state index in [-0.39, 0.29) is 6.17 Å². The van der Waals surface area contributed by atoms with Crippen molar-refractivity contribution in [3.63, 3.8) is 0 Å². The van der Waals surface area contributed by atoms with Crippen LogP contribution in [0.25, 0.3) is 0 Å². The van der Waals surface area contributed by atoms with E-state index in [0.29, 0.717) is 16.9 Å². The van der Waals surface area contributed by atoms with Crippen LogP contribution in [-0.2, 0) is 0 Å². The Kier molecular flexibility index (Phi) is 3.75. The average Bonchev–Trinajstić information content (AvgIpc) is 2.50. The van der Waals surface area contributed by atoms with Crippen LogP contribution < -0.4 is 16.4 Å². The third-order valence-corrected chi connectivity index (χ3v) is 3.22. The standard InChI is InChI=1S/C15H14ClN5/c16-11-6-8-12(9-7-11)18-15-20-13(19-14(17)21-15)10-4-2-1-3-5-10/h1-9,13H,(H4,17,18,19,20,21)/t13-/m1/s1. The van der Waals surface area contributed by atoms with E-state index < -0.39 is 0 Å². The molecule has 4 N–H and O–H groups in total. The highest BCUT2D eigenvalue weighted by molar-refractivity contribution is 6.30. The molecule has 1 heterocycles. The molecule has 0 radical (unpaired) electrons. The SMILES string of the molecule is NC1=N[C@@H](c2ccccc2)N=C(Nc2ccc(Cl)cc2)N1. The maximum atomic E-state index is 5.87. The van der Waals surface area contributed by atoms with Gasteiger partial charge in [-0.1, -0.05) is 41.9 Å². The summed E-state index contributed by atoms with van der Waals surface area (Å²) in [6, 6.07) is 17.1. The maximum absolute atomic E-state index is 5.87. The van der Waals surface area contributed by atoms with Crippen molar-refractivity contribution in [2.75, 3.05) is 5.32 Å². The summed E-state index contributed by atoms with van der Waals surface area (Å²) in [5, 5.41) is 6.75. The lowest BCUT2D eigenvalue weighted by atomic mass is 10.2. The van der Waals surface area contributed by atoms with Gasteiger partial charge in [0.2, 0.25) is 5.96 Å². The van der Waals surface area contributed by atoms with Gasteiger partial charge in [-0.2, -0.15) is 0 Å². The lowest BCUT2D eigenvalue weighted by Gasteiger charge is -2.20. The van der Waals surface area contributed by atoms with Crippen LogP contribution in [0.4, 0.5) is 5.69 Å². The fourth-order valence-electron chi connectivity index (χ4n) is 1.98. The highest BCUT2D eigenvalue weighted by Gasteiger charge is 2.16. The predicted molar refractivity (Wildman–Crippen MR) is 86.5 cm³/mol. The number of hydrogen-bond acceptors (Lipinski definition) is 5. The van der Waals surface area contributed by atoms with Gasteiger partial charge in [-0.15, -0.1) is 0 Å². The van der Waals surface area contributed by atoms with Crippen LogP contribution in [0.15, 0.2) is 64.6 Å². The molecule has 3 rings (SSSR count). The fourth-order valence-corrected chi connectivity index (χ4v) is 2.10. The van der Waals surface area contributed by atoms with E-state index in [9.17, 15) is 0 Å². The summed E-state index contributed by atoms with van der Waals surface area (Å²) in [6.45, 7) is 0. The quantitative estimate of drug-likeness (QED) is 0.798. The molecule has 1 aliphatic rings. The summed E-state index contributed by atoms with van der Waals surface area (Å²) < 4.78 is 0. The molecular weight excluding hydrogens is 286 g/mol. The van der Waals surface area contributed by atoms with Crippen LogP contribution in [0.1, 0.15) is 11.7 Å². The first-order valence-electron chi connectivity index (χ1n) is 6.46. The van der Waals surface area contributed by atoms with Crippen LogP contribution in [-0.4, -0.2) is 11.9 Å². The Morgan fingerprint density at radius 2 is 1.71 bits per heavy atom. The smallest absolute Gasteiger partial charge is 0.205 e. The molecule has 0 aliphatic carbocycles. The number of nitrogens with one attached hydrogen (secondary N) is 2. The van der Waals surface area contributed by atoms with Crippen molar-refractivity contribution in [2.24, 2.45) is 15.7 Å². The first kappa shape index (κ1) is 13.5. The molecule has 0 saturated heterocycles. The van der Waals surface area contributed by atoms with Gasteiger partial charge in [0.15, 0.2) is 12.1 Å². The monoisotopic (exact) mass is 299 g/mol. The molecule has 1 atom stereocenters. The first-order valence-corrected chi connectivity index (χ1v) is 6.84.